The van der Waals surface area contributed by atoms with Crippen LogP contribution in [0.4, 0.5) is 0 Å². The van der Waals surface area contributed by atoms with Gasteiger partial charge < -0.3 is 14.0 Å². The molecular weight excluding hydrogens is 219 g/mol. The molecule has 0 aromatic carbocycles. The third-order valence-electron chi connectivity index (χ3n) is 3.35. The van der Waals surface area contributed by atoms with E-state index in [0.717, 1.165) is 0 Å². The van der Waals surface area contributed by atoms with Crippen molar-refractivity contribution in [1.29, 1.82) is 0 Å². The Morgan fingerprint density at radius 3 is 2.06 bits per heavy atom. The Morgan fingerprint density at radius 2 is 1.65 bits per heavy atom. The average molecular weight is 236 g/mol. The zero-order valence-corrected chi connectivity index (χ0v) is 10.9. The van der Waals surface area contributed by atoms with Crippen molar-refractivity contribution < 1.29 is 14.0 Å². The quantitative estimate of drug-likeness (QED) is 0.710. The molecule has 1 aromatic heterocycles. The summed E-state index contributed by atoms with van der Waals surface area (Å²) in [5, 5.41) is 0. The van der Waals surface area contributed by atoms with Gasteiger partial charge in [0.2, 0.25) is 5.88 Å². The molecule has 0 N–H and O–H groups in total. The van der Waals surface area contributed by atoms with Crippen molar-refractivity contribution >= 4 is 12.7 Å². The Bertz CT molecular complexity index is 390. The van der Waals surface area contributed by atoms with E-state index in [1.807, 2.05) is 27.7 Å². The SMILES string of the molecule is COc1cnc(B2OC(C)(C)C(C)(C)O2)cn1. The number of hydrogen-bond acceptors (Lipinski definition) is 5. The molecule has 5 nitrogen and oxygen atoms in total. The molecule has 0 spiro atoms. The molecule has 0 unspecified atom stereocenters. The second-order valence-corrected chi connectivity index (χ2v) is 5.07. The number of methoxy groups -OCH3 is 1. The van der Waals surface area contributed by atoms with Crippen LogP contribution in [0.25, 0.3) is 0 Å². The second-order valence-electron chi connectivity index (χ2n) is 5.07. The minimum absolute atomic E-state index is 0.362. The first-order chi connectivity index (χ1) is 7.86. The molecule has 0 radical (unpaired) electrons. The van der Waals surface area contributed by atoms with Gasteiger partial charge in [-0.3, -0.25) is 4.98 Å². The zero-order chi connectivity index (χ0) is 12.7. The van der Waals surface area contributed by atoms with Crippen molar-refractivity contribution in [2.24, 2.45) is 0 Å². The summed E-state index contributed by atoms with van der Waals surface area (Å²) in [6.45, 7) is 8.02. The number of ether oxygens (including phenoxy) is 1. The summed E-state index contributed by atoms with van der Waals surface area (Å²) in [7, 11) is 1.08. The van der Waals surface area contributed by atoms with Crippen LogP contribution in [0, 0.1) is 0 Å². The number of rotatable bonds is 2. The Morgan fingerprint density at radius 1 is 1.06 bits per heavy atom. The summed E-state index contributed by atoms with van der Waals surface area (Å²) in [4.78, 5) is 8.32. The maximum atomic E-state index is 5.86. The van der Waals surface area contributed by atoms with Gasteiger partial charge >= 0.3 is 7.12 Å². The molecule has 6 heteroatoms. The lowest BCUT2D eigenvalue weighted by molar-refractivity contribution is 0.00578. The standard InChI is InChI=1S/C11H17BN2O3/c1-10(2)11(3,4)17-12(16-10)8-6-14-9(15-5)7-13-8/h6-7H,1-5H3. The predicted octanol–water partition coefficient (Wildman–Crippen LogP) is 0.784. The summed E-state index contributed by atoms with van der Waals surface area (Å²) in [6.07, 6.45) is 3.17. The van der Waals surface area contributed by atoms with E-state index in [4.69, 9.17) is 14.0 Å². The predicted molar refractivity (Wildman–Crippen MR) is 64.3 cm³/mol. The van der Waals surface area contributed by atoms with Crippen molar-refractivity contribution in [3.8, 4) is 5.88 Å². The van der Waals surface area contributed by atoms with Gasteiger partial charge in [-0.1, -0.05) is 0 Å². The van der Waals surface area contributed by atoms with Gasteiger partial charge in [-0.15, -0.1) is 0 Å². The first-order valence-corrected chi connectivity index (χ1v) is 5.57. The van der Waals surface area contributed by atoms with Gasteiger partial charge in [0.05, 0.1) is 30.1 Å². The smallest absolute Gasteiger partial charge is 0.480 e. The number of nitrogens with zero attached hydrogens (tertiary/aromatic N) is 2. The Balaban J connectivity index is 2.20. The molecule has 0 bridgehead atoms. The molecule has 92 valence electrons. The van der Waals surface area contributed by atoms with E-state index in [9.17, 15) is 0 Å². The highest BCUT2D eigenvalue weighted by Crippen LogP contribution is 2.36. The lowest BCUT2D eigenvalue weighted by atomic mass is 9.85. The van der Waals surface area contributed by atoms with Crippen LogP contribution >= 0.6 is 0 Å². The molecule has 1 aromatic rings. The van der Waals surface area contributed by atoms with E-state index < -0.39 is 7.12 Å². The molecule has 2 heterocycles. The summed E-state index contributed by atoms with van der Waals surface area (Å²) in [5.74, 6) is 0.477. The molecule has 1 fully saturated rings. The third kappa shape index (κ3) is 2.15. The molecule has 0 saturated carbocycles. The van der Waals surface area contributed by atoms with Gasteiger partial charge in [0, 0.05) is 6.20 Å². The van der Waals surface area contributed by atoms with Crippen molar-refractivity contribution in [2.45, 2.75) is 38.9 Å². The van der Waals surface area contributed by atoms with E-state index >= 15 is 0 Å². The maximum Gasteiger partial charge on any atom is 0.516 e. The first-order valence-electron chi connectivity index (χ1n) is 5.57. The molecule has 0 aliphatic carbocycles. The lowest BCUT2D eigenvalue weighted by Gasteiger charge is -2.32. The molecule has 17 heavy (non-hydrogen) atoms. The highest BCUT2D eigenvalue weighted by atomic mass is 16.7. The monoisotopic (exact) mass is 236 g/mol. The van der Waals surface area contributed by atoms with Crippen LogP contribution in [-0.2, 0) is 9.31 Å². The van der Waals surface area contributed by atoms with Crippen molar-refractivity contribution in [3.63, 3.8) is 0 Å². The molecule has 1 aliphatic rings. The van der Waals surface area contributed by atoms with E-state index in [1.54, 1.807) is 19.5 Å². The number of aromatic nitrogens is 2. The highest BCUT2D eigenvalue weighted by molar-refractivity contribution is 6.61. The fraction of sp³-hybridized carbons (Fsp3) is 0.636. The van der Waals surface area contributed by atoms with Crippen LogP contribution in [0.2, 0.25) is 0 Å². The topological polar surface area (TPSA) is 53.5 Å². The molecule has 0 amide bonds. The van der Waals surface area contributed by atoms with Crippen molar-refractivity contribution in [3.05, 3.63) is 12.4 Å². The fourth-order valence-corrected chi connectivity index (χ4v) is 1.52. The second kappa shape index (κ2) is 3.96. The van der Waals surface area contributed by atoms with Crippen LogP contribution < -0.4 is 10.3 Å². The van der Waals surface area contributed by atoms with Crippen LogP contribution in [0.3, 0.4) is 0 Å². The normalized spacial score (nSPS) is 21.6. The molecule has 0 atom stereocenters. The Hall–Kier alpha value is -1.14. The first kappa shape index (κ1) is 12.3. The molecule has 1 aliphatic heterocycles. The van der Waals surface area contributed by atoms with Gasteiger partial charge in [-0.05, 0) is 27.7 Å². The summed E-state index contributed by atoms with van der Waals surface area (Å²) in [6, 6.07) is 0. The van der Waals surface area contributed by atoms with Crippen LogP contribution in [0.1, 0.15) is 27.7 Å². The van der Waals surface area contributed by atoms with Crippen LogP contribution in [0.5, 0.6) is 5.88 Å². The van der Waals surface area contributed by atoms with Crippen LogP contribution in [-0.4, -0.2) is 35.4 Å². The Labute approximate surface area is 102 Å². The average Bonchev–Trinajstić information content (AvgIpc) is 2.48. The lowest BCUT2D eigenvalue weighted by Crippen LogP contribution is -2.41. The van der Waals surface area contributed by atoms with Crippen LogP contribution in [0.15, 0.2) is 12.4 Å². The third-order valence-corrected chi connectivity index (χ3v) is 3.35. The minimum atomic E-state index is -0.474. The minimum Gasteiger partial charge on any atom is -0.480 e. The summed E-state index contributed by atoms with van der Waals surface area (Å²) < 4.78 is 16.7. The van der Waals surface area contributed by atoms with Gasteiger partial charge in [0.25, 0.3) is 0 Å². The van der Waals surface area contributed by atoms with Gasteiger partial charge in [0.15, 0.2) is 0 Å². The van der Waals surface area contributed by atoms with Crippen molar-refractivity contribution in [1.82, 2.24) is 9.97 Å². The Kier molecular flexibility index (Phi) is 2.87. The largest absolute Gasteiger partial charge is 0.516 e. The fourth-order valence-electron chi connectivity index (χ4n) is 1.52. The van der Waals surface area contributed by atoms with Gasteiger partial charge in [-0.2, -0.15) is 0 Å². The summed E-state index contributed by atoms with van der Waals surface area (Å²) in [5.41, 5.74) is -0.0668. The van der Waals surface area contributed by atoms with E-state index in [0.29, 0.717) is 11.5 Å². The number of hydrogen-bond donors (Lipinski definition) is 0. The summed E-state index contributed by atoms with van der Waals surface area (Å²) >= 11 is 0. The van der Waals surface area contributed by atoms with E-state index in [2.05, 4.69) is 9.97 Å². The molecule has 2 rings (SSSR count). The van der Waals surface area contributed by atoms with Crippen molar-refractivity contribution in [2.75, 3.05) is 7.11 Å². The van der Waals surface area contributed by atoms with Gasteiger partial charge in [0.1, 0.15) is 0 Å². The highest BCUT2D eigenvalue weighted by Gasteiger charge is 2.52. The zero-order valence-electron chi connectivity index (χ0n) is 10.9. The van der Waals surface area contributed by atoms with Gasteiger partial charge in [-0.25, -0.2) is 4.98 Å². The molecule has 1 saturated heterocycles. The van der Waals surface area contributed by atoms with E-state index in [-0.39, 0.29) is 11.2 Å². The maximum absolute atomic E-state index is 5.86. The molecular formula is C11H17BN2O3. The van der Waals surface area contributed by atoms with E-state index in [1.165, 1.54) is 0 Å².